The molecule has 0 aliphatic rings. The van der Waals surface area contributed by atoms with Gasteiger partial charge in [-0.25, -0.2) is 0 Å². The smallest absolute Gasteiger partial charge is 0.304 e. The molecule has 0 saturated carbocycles. The number of halogens is 2. The summed E-state index contributed by atoms with van der Waals surface area (Å²) >= 11 is 11.5. The van der Waals surface area contributed by atoms with E-state index >= 15 is 0 Å². The molecule has 0 saturated heterocycles. The number of hydrogen-bond acceptors (Lipinski definition) is 3. The minimum atomic E-state index is -0.871. The normalized spacial score (nSPS) is 12.2. The molecule has 0 aliphatic heterocycles. The molecule has 1 rings (SSSR count). The van der Waals surface area contributed by atoms with E-state index in [9.17, 15) is 4.79 Å². The van der Waals surface area contributed by atoms with Crippen LogP contribution in [0.1, 0.15) is 12.0 Å². The minimum absolute atomic E-state index is 0.0215. The fraction of sp³-hybridized carbons (Fsp3) is 0.500. The standard InChI is InChI=1S/C14H20Cl2N2O2/c15-5-7-18(8-6-16)13-3-1-11(2-4-13)9-12(17)10-14(19)20/h1-4,12H,5-10,17H2,(H,19,20). The van der Waals surface area contributed by atoms with Crippen molar-refractivity contribution in [2.24, 2.45) is 5.73 Å². The molecule has 1 aromatic carbocycles. The first kappa shape index (κ1) is 17.1. The highest BCUT2D eigenvalue weighted by atomic mass is 35.5. The van der Waals surface area contributed by atoms with Gasteiger partial charge in [-0.3, -0.25) is 4.79 Å². The Bertz CT molecular complexity index is 406. The van der Waals surface area contributed by atoms with E-state index in [0.29, 0.717) is 18.2 Å². The lowest BCUT2D eigenvalue weighted by Crippen LogP contribution is -2.28. The molecule has 1 atom stereocenters. The number of carbonyl (C=O) groups is 1. The van der Waals surface area contributed by atoms with E-state index in [-0.39, 0.29) is 12.5 Å². The van der Waals surface area contributed by atoms with Crippen molar-refractivity contribution < 1.29 is 9.90 Å². The molecule has 6 heteroatoms. The van der Waals surface area contributed by atoms with Gasteiger partial charge >= 0.3 is 5.97 Å². The second kappa shape index (κ2) is 9.06. The molecule has 1 aromatic rings. The van der Waals surface area contributed by atoms with Gasteiger partial charge in [0, 0.05) is 36.6 Å². The molecule has 112 valence electrons. The third-order valence-electron chi connectivity index (χ3n) is 2.95. The van der Waals surface area contributed by atoms with Gasteiger partial charge in [0.1, 0.15) is 0 Å². The quantitative estimate of drug-likeness (QED) is 0.686. The van der Waals surface area contributed by atoms with Crippen molar-refractivity contribution in [3.05, 3.63) is 29.8 Å². The number of carboxylic acids is 1. The summed E-state index contributed by atoms with van der Waals surface area (Å²) in [5, 5.41) is 8.69. The Morgan fingerprint density at radius 3 is 2.20 bits per heavy atom. The number of alkyl halides is 2. The lowest BCUT2D eigenvalue weighted by molar-refractivity contribution is -0.137. The van der Waals surface area contributed by atoms with Gasteiger partial charge in [0.15, 0.2) is 0 Å². The summed E-state index contributed by atoms with van der Waals surface area (Å²) in [6.45, 7) is 1.48. The zero-order valence-corrected chi connectivity index (χ0v) is 12.8. The second-order valence-corrected chi connectivity index (χ2v) is 5.35. The largest absolute Gasteiger partial charge is 0.481 e. The van der Waals surface area contributed by atoms with Crippen LogP contribution in [0.4, 0.5) is 5.69 Å². The second-order valence-electron chi connectivity index (χ2n) is 4.59. The van der Waals surface area contributed by atoms with Gasteiger partial charge < -0.3 is 15.7 Å². The Kier molecular flexibility index (Phi) is 7.73. The number of rotatable bonds is 9. The van der Waals surface area contributed by atoms with Crippen LogP contribution in [0.25, 0.3) is 0 Å². The van der Waals surface area contributed by atoms with Crippen LogP contribution in [0.5, 0.6) is 0 Å². The molecule has 0 amide bonds. The number of nitrogens with zero attached hydrogens (tertiary/aromatic N) is 1. The zero-order valence-electron chi connectivity index (χ0n) is 11.3. The molecule has 0 aliphatic carbocycles. The van der Waals surface area contributed by atoms with Crippen LogP contribution in [0.3, 0.4) is 0 Å². The Morgan fingerprint density at radius 1 is 1.20 bits per heavy atom. The van der Waals surface area contributed by atoms with Gasteiger partial charge in [-0.15, -0.1) is 23.2 Å². The number of benzene rings is 1. The maximum absolute atomic E-state index is 10.6. The summed E-state index contributed by atoms with van der Waals surface area (Å²) in [5.41, 5.74) is 7.86. The molecule has 0 aromatic heterocycles. The van der Waals surface area contributed by atoms with E-state index in [1.54, 1.807) is 0 Å². The van der Waals surface area contributed by atoms with Gasteiger partial charge in [-0.05, 0) is 24.1 Å². The predicted molar refractivity (Wildman–Crippen MR) is 84.0 cm³/mol. The number of carboxylic acid groups (broad SMARTS) is 1. The van der Waals surface area contributed by atoms with Crippen LogP contribution < -0.4 is 10.6 Å². The first-order chi connectivity index (χ1) is 9.56. The summed E-state index contributed by atoms with van der Waals surface area (Å²) in [6, 6.07) is 7.54. The molecular weight excluding hydrogens is 299 g/mol. The van der Waals surface area contributed by atoms with Crippen molar-refractivity contribution in [1.29, 1.82) is 0 Å². The van der Waals surface area contributed by atoms with Crippen LogP contribution >= 0.6 is 23.2 Å². The molecule has 3 N–H and O–H groups in total. The lowest BCUT2D eigenvalue weighted by atomic mass is 10.0. The summed E-state index contributed by atoms with van der Waals surface area (Å²) in [6.07, 6.45) is 0.532. The Balaban J connectivity index is 2.64. The van der Waals surface area contributed by atoms with Crippen LogP contribution in [0.15, 0.2) is 24.3 Å². The molecule has 0 spiro atoms. The predicted octanol–water partition coefficient (Wildman–Crippen LogP) is 2.32. The van der Waals surface area contributed by atoms with E-state index in [0.717, 1.165) is 24.3 Å². The summed E-state index contributed by atoms with van der Waals surface area (Å²) in [4.78, 5) is 12.7. The Hall–Kier alpha value is -0.970. The fourth-order valence-electron chi connectivity index (χ4n) is 2.02. The van der Waals surface area contributed by atoms with Crippen molar-refractivity contribution >= 4 is 34.9 Å². The summed E-state index contributed by atoms with van der Waals surface area (Å²) < 4.78 is 0. The van der Waals surface area contributed by atoms with Crippen molar-refractivity contribution in [2.75, 3.05) is 29.7 Å². The first-order valence-electron chi connectivity index (χ1n) is 6.50. The van der Waals surface area contributed by atoms with E-state index in [1.807, 2.05) is 24.3 Å². The molecule has 4 nitrogen and oxygen atoms in total. The highest BCUT2D eigenvalue weighted by molar-refractivity contribution is 6.18. The Morgan fingerprint density at radius 2 is 1.75 bits per heavy atom. The van der Waals surface area contributed by atoms with Crippen LogP contribution in [-0.4, -0.2) is 42.0 Å². The van der Waals surface area contributed by atoms with E-state index in [2.05, 4.69) is 4.90 Å². The summed E-state index contributed by atoms with van der Waals surface area (Å²) in [7, 11) is 0. The van der Waals surface area contributed by atoms with Crippen molar-refractivity contribution in [3.8, 4) is 0 Å². The van der Waals surface area contributed by atoms with Crippen molar-refractivity contribution in [3.63, 3.8) is 0 Å². The van der Waals surface area contributed by atoms with Gasteiger partial charge in [0.05, 0.1) is 6.42 Å². The maximum Gasteiger partial charge on any atom is 0.304 e. The first-order valence-corrected chi connectivity index (χ1v) is 7.57. The minimum Gasteiger partial charge on any atom is -0.481 e. The molecule has 20 heavy (non-hydrogen) atoms. The van der Waals surface area contributed by atoms with Crippen molar-refractivity contribution in [1.82, 2.24) is 0 Å². The molecule has 0 bridgehead atoms. The number of nitrogens with two attached hydrogens (primary N) is 1. The van der Waals surface area contributed by atoms with Crippen LogP contribution in [0.2, 0.25) is 0 Å². The third-order valence-corrected chi connectivity index (χ3v) is 3.28. The van der Waals surface area contributed by atoms with E-state index in [4.69, 9.17) is 34.0 Å². The zero-order chi connectivity index (χ0) is 15.0. The lowest BCUT2D eigenvalue weighted by Gasteiger charge is -2.23. The number of aliphatic carboxylic acids is 1. The maximum atomic E-state index is 10.6. The van der Waals surface area contributed by atoms with Gasteiger partial charge in [0.25, 0.3) is 0 Å². The molecule has 0 fully saturated rings. The van der Waals surface area contributed by atoms with E-state index in [1.165, 1.54) is 0 Å². The van der Waals surface area contributed by atoms with Gasteiger partial charge in [0.2, 0.25) is 0 Å². The fourth-order valence-corrected chi connectivity index (χ4v) is 2.42. The number of hydrogen-bond donors (Lipinski definition) is 2. The SMILES string of the molecule is NC(CC(=O)O)Cc1ccc(N(CCCl)CCCl)cc1. The van der Waals surface area contributed by atoms with Crippen molar-refractivity contribution in [2.45, 2.75) is 18.9 Å². The number of anilines is 1. The molecule has 0 heterocycles. The van der Waals surface area contributed by atoms with Crippen LogP contribution in [0, 0.1) is 0 Å². The molecule has 0 radical (unpaired) electrons. The topological polar surface area (TPSA) is 66.6 Å². The molecular formula is C14H20Cl2N2O2. The average molecular weight is 319 g/mol. The summed E-state index contributed by atoms with van der Waals surface area (Å²) in [5.74, 6) is 0.217. The Labute approximate surface area is 129 Å². The highest BCUT2D eigenvalue weighted by Crippen LogP contribution is 2.16. The third kappa shape index (κ3) is 5.99. The highest BCUT2D eigenvalue weighted by Gasteiger charge is 2.10. The van der Waals surface area contributed by atoms with Gasteiger partial charge in [-0.2, -0.15) is 0 Å². The molecule has 1 unspecified atom stereocenters. The van der Waals surface area contributed by atoms with E-state index < -0.39 is 5.97 Å². The van der Waals surface area contributed by atoms with Crippen LogP contribution in [-0.2, 0) is 11.2 Å². The monoisotopic (exact) mass is 318 g/mol. The average Bonchev–Trinajstić information content (AvgIpc) is 2.38. The van der Waals surface area contributed by atoms with Gasteiger partial charge in [-0.1, -0.05) is 12.1 Å².